The number of hydrogen-bond donors (Lipinski definition) is 0. The fourth-order valence-corrected chi connectivity index (χ4v) is 0.539. The summed E-state index contributed by atoms with van der Waals surface area (Å²) in [5.41, 5.74) is 1.37. The Hall–Kier alpha value is 0.0300. The Morgan fingerprint density at radius 1 is 1.71 bits per heavy atom. The largest absolute Gasteiger partial charge is 0.122 e. The van der Waals surface area contributed by atoms with Crippen LogP contribution in [0.25, 0.3) is 0 Å². The summed E-state index contributed by atoms with van der Waals surface area (Å²) in [6.07, 6.45) is 3.15. The molecule has 0 atom stereocenters. The van der Waals surface area contributed by atoms with Crippen molar-refractivity contribution in [2.45, 2.75) is 20.3 Å². The molecule has 0 aliphatic rings. The molecule has 7 heavy (non-hydrogen) atoms. The topological polar surface area (TPSA) is 0 Å². The molecule has 0 unspecified atom stereocenters. The Bertz CT molecular complexity index is 64.6. The molecule has 0 aromatic heterocycles. The van der Waals surface area contributed by atoms with E-state index in [-0.39, 0.29) is 0 Å². The highest BCUT2D eigenvalue weighted by Gasteiger charge is 1.77. The number of hydrogen-bond acceptors (Lipinski definition) is 0. The first kappa shape index (κ1) is 7.03. The van der Waals surface area contributed by atoms with Gasteiger partial charge in [0, 0.05) is 5.88 Å². The minimum Gasteiger partial charge on any atom is -0.122 e. The zero-order valence-corrected chi connectivity index (χ0v) is 5.63. The van der Waals surface area contributed by atoms with Gasteiger partial charge < -0.3 is 0 Å². The van der Waals surface area contributed by atoms with Gasteiger partial charge in [-0.3, -0.25) is 0 Å². The molecular formula is C6H11Cl. The van der Waals surface area contributed by atoms with Gasteiger partial charge in [-0.25, -0.2) is 0 Å². The standard InChI is InChI=1S/C6H11Cl/c1-3-6(2)4-5-7/h4H,3,5H2,1-2H3/b6-4+. The number of rotatable bonds is 2. The van der Waals surface area contributed by atoms with Crippen molar-refractivity contribution in [2.75, 3.05) is 5.88 Å². The number of alkyl halides is 1. The normalized spacial score (nSPS) is 12.1. The number of halogens is 1. The first-order valence-electron chi connectivity index (χ1n) is 2.52. The van der Waals surface area contributed by atoms with Crippen LogP contribution in [-0.4, -0.2) is 5.88 Å². The molecule has 0 aliphatic heterocycles. The van der Waals surface area contributed by atoms with Crippen LogP contribution in [-0.2, 0) is 0 Å². The first-order valence-corrected chi connectivity index (χ1v) is 3.06. The van der Waals surface area contributed by atoms with Gasteiger partial charge in [-0.2, -0.15) is 0 Å². The minimum absolute atomic E-state index is 0.652. The van der Waals surface area contributed by atoms with E-state index < -0.39 is 0 Å². The lowest BCUT2D eigenvalue weighted by Gasteiger charge is -1.87. The van der Waals surface area contributed by atoms with Gasteiger partial charge in [-0.15, -0.1) is 11.6 Å². The van der Waals surface area contributed by atoms with Crippen LogP contribution in [0.15, 0.2) is 11.6 Å². The smallest absolute Gasteiger partial charge is 0.0406 e. The molecule has 0 aliphatic carbocycles. The highest BCUT2D eigenvalue weighted by molar-refractivity contribution is 6.18. The summed E-state index contributed by atoms with van der Waals surface area (Å²) in [4.78, 5) is 0. The van der Waals surface area contributed by atoms with Crippen molar-refractivity contribution >= 4 is 11.6 Å². The predicted molar refractivity (Wildman–Crippen MR) is 34.8 cm³/mol. The maximum Gasteiger partial charge on any atom is 0.0406 e. The molecule has 0 amide bonds. The van der Waals surface area contributed by atoms with Crippen molar-refractivity contribution in [1.29, 1.82) is 0 Å². The van der Waals surface area contributed by atoms with Gasteiger partial charge in [-0.1, -0.05) is 18.6 Å². The summed E-state index contributed by atoms with van der Waals surface area (Å²) in [6.45, 7) is 4.21. The highest BCUT2D eigenvalue weighted by Crippen LogP contribution is 1.96. The van der Waals surface area contributed by atoms with E-state index >= 15 is 0 Å². The van der Waals surface area contributed by atoms with Crippen LogP contribution in [0.2, 0.25) is 0 Å². The van der Waals surface area contributed by atoms with Crippen LogP contribution < -0.4 is 0 Å². The lowest BCUT2D eigenvalue weighted by Crippen LogP contribution is -1.70. The molecule has 0 radical (unpaired) electrons. The third-order valence-electron chi connectivity index (χ3n) is 0.983. The van der Waals surface area contributed by atoms with Gasteiger partial charge in [-0.05, 0) is 13.3 Å². The molecule has 0 fully saturated rings. The van der Waals surface area contributed by atoms with Crippen molar-refractivity contribution in [3.05, 3.63) is 11.6 Å². The summed E-state index contributed by atoms with van der Waals surface area (Å²) in [6, 6.07) is 0. The molecule has 0 saturated carbocycles. The van der Waals surface area contributed by atoms with E-state index in [0.29, 0.717) is 5.88 Å². The molecule has 0 N–H and O–H groups in total. The first-order chi connectivity index (χ1) is 3.31. The lowest BCUT2D eigenvalue weighted by molar-refractivity contribution is 1.09. The quantitative estimate of drug-likeness (QED) is 0.386. The Labute approximate surface area is 50.2 Å². The highest BCUT2D eigenvalue weighted by atomic mass is 35.5. The predicted octanol–water partition coefficient (Wildman–Crippen LogP) is 2.58. The zero-order chi connectivity index (χ0) is 5.70. The van der Waals surface area contributed by atoms with Gasteiger partial charge in [0.2, 0.25) is 0 Å². The second-order valence-electron chi connectivity index (χ2n) is 1.56. The Morgan fingerprint density at radius 3 is 2.43 bits per heavy atom. The molecule has 0 rings (SSSR count). The van der Waals surface area contributed by atoms with Crippen LogP contribution in [0, 0.1) is 0 Å². The second kappa shape index (κ2) is 4.20. The van der Waals surface area contributed by atoms with Gasteiger partial charge in [0.1, 0.15) is 0 Å². The summed E-state index contributed by atoms with van der Waals surface area (Å²) in [5, 5.41) is 0. The Kier molecular flexibility index (Phi) is 4.21. The van der Waals surface area contributed by atoms with Crippen LogP contribution in [0.5, 0.6) is 0 Å². The summed E-state index contributed by atoms with van der Waals surface area (Å²) in [7, 11) is 0. The molecular weight excluding hydrogens is 108 g/mol. The van der Waals surface area contributed by atoms with Crippen LogP contribution in [0.1, 0.15) is 20.3 Å². The monoisotopic (exact) mass is 118 g/mol. The molecule has 0 heterocycles. The van der Waals surface area contributed by atoms with Crippen molar-refractivity contribution in [3.8, 4) is 0 Å². The van der Waals surface area contributed by atoms with E-state index in [9.17, 15) is 0 Å². The van der Waals surface area contributed by atoms with Gasteiger partial charge >= 0.3 is 0 Å². The van der Waals surface area contributed by atoms with Crippen LogP contribution >= 0.6 is 11.6 Å². The van der Waals surface area contributed by atoms with Gasteiger partial charge in [0.05, 0.1) is 0 Å². The lowest BCUT2D eigenvalue weighted by atomic mass is 10.2. The van der Waals surface area contributed by atoms with E-state index in [1.165, 1.54) is 5.57 Å². The maximum atomic E-state index is 5.40. The summed E-state index contributed by atoms with van der Waals surface area (Å²) >= 11 is 5.40. The fraction of sp³-hybridized carbons (Fsp3) is 0.667. The molecule has 0 aromatic rings. The third kappa shape index (κ3) is 3.87. The van der Waals surface area contributed by atoms with Crippen LogP contribution in [0.3, 0.4) is 0 Å². The Balaban J connectivity index is 3.29. The third-order valence-corrected chi connectivity index (χ3v) is 1.14. The minimum atomic E-state index is 0.652. The zero-order valence-electron chi connectivity index (χ0n) is 4.87. The van der Waals surface area contributed by atoms with Crippen molar-refractivity contribution in [1.82, 2.24) is 0 Å². The molecule has 0 saturated heterocycles. The fourth-order valence-electron chi connectivity index (χ4n) is 0.276. The molecule has 0 bridgehead atoms. The summed E-state index contributed by atoms with van der Waals surface area (Å²) < 4.78 is 0. The molecule has 0 aromatic carbocycles. The molecule has 1 heteroatoms. The van der Waals surface area contributed by atoms with Gasteiger partial charge in [0.15, 0.2) is 0 Å². The average Bonchev–Trinajstić information content (AvgIpc) is 1.68. The Morgan fingerprint density at radius 2 is 2.29 bits per heavy atom. The average molecular weight is 119 g/mol. The summed E-state index contributed by atoms with van der Waals surface area (Å²) in [5.74, 6) is 0.652. The van der Waals surface area contributed by atoms with E-state index in [2.05, 4.69) is 13.8 Å². The molecule has 42 valence electrons. The van der Waals surface area contributed by atoms with Crippen molar-refractivity contribution < 1.29 is 0 Å². The van der Waals surface area contributed by atoms with E-state index in [1.807, 2.05) is 6.08 Å². The SMILES string of the molecule is CC/C(C)=C/CCl. The van der Waals surface area contributed by atoms with E-state index in [1.54, 1.807) is 0 Å². The maximum absolute atomic E-state index is 5.40. The van der Waals surface area contributed by atoms with E-state index in [4.69, 9.17) is 11.6 Å². The van der Waals surface area contributed by atoms with Crippen molar-refractivity contribution in [2.24, 2.45) is 0 Å². The second-order valence-corrected chi connectivity index (χ2v) is 1.87. The molecule has 0 nitrogen and oxygen atoms in total. The van der Waals surface area contributed by atoms with Crippen LogP contribution in [0.4, 0.5) is 0 Å². The van der Waals surface area contributed by atoms with Crippen molar-refractivity contribution in [3.63, 3.8) is 0 Å². The number of allylic oxidation sites excluding steroid dienone is 2. The van der Waals surface area contributed by atoms with Gasteiger partial charge in [0.25, 0.3) is 0 Å². The molecule has 0 spiro atoms. The van der Waals surface area contributed by atoms with E-state index in [0.717, 1.165) is 6.42 Å².